The van der Waals surface area contributed by atoms with Gasteiger partial charge in [0.1, 0.15) is 12.3 Å². The molecule has 1 N–H and O–H groups in total. The maximum atomic E-state index is 11.9. The first-order chi connectivity index (χ1) is 11.1. The summed E-state index contributed by atoms with van der Waals surface area (Å²) in [6, 6.07) is 9.23. The molecule has 23 heavy (non-hydrogen) atoms. The van der Waals surface area contributed by atoms with Crippen molar-refractivity contribution in [2.45, 2.75) is 6.61 Å². The van der Waals surface area contributed by atoms with Crippen LogP contribution < -0.4 is 5.32 Å². The predicted octanol–water partition coefficient (Wildman–Crippen LogP) is 1.86. The lowest BCUT2D eigenvalue weighted by Crippen LogP contribution is -2.28. The molecule has 1 amide bonds. The Morgan fingerprint density at radius 3 is 2.65 bits per heavy atom. The molecule has 120 valence electrons. The molecule has 0 spiro atoms. The normalized spacial score (nSPS) is 11.0. The predicted molar refractivity (Wildman–Crippen MR) is 83.0 cm³/mol. The highest BCUT2D eigenvalue weighted by molar-refractivity contribution is 5.96. The summed E-state index contributed by atoms with van der Waals surface area (Å²) in [6.07, 6.45) is 3.85. The molecule has 0 aliphatic heterocycles. The SMILES string of the molecule is COC(=O)/C(=C/c1cncn1C)NC(=O)OCc1ccccc1. The second-order valence-corrected chi connectivity index (χ2v) is 4.67. The highest BCUT2D eigenvalue weighted by Crippen LogP contribution is 2.06. The van der Waals surface area contributed by atoms with E-state index in [1.165, 1.54) is 13.2 Å². The Balaban J connectivity index is 2.03. The number of methoxy groups -OCH3 is 1. The van der Waals surface area contributed by atoms with Gasteiger partial charge in [-0.05, 0) is 11.6 Å². The van der Waals surface area contributed by atoms with E-state index in [1.54, 1.807) is 24.1 Å². The molecule has 0 unspecified atom stereocenters. The largest absolute Gasteiger partial charge is 0.464 e. The summed E-state index contributed by atoms with van der Waals surface area (Å²) in [5.74, 6) is -0.678. The summed E-state index contributed by atoms with van der Waals surface area (Å²) in [5, 5.41) is 2.39. The number of imidazole rings is 1. The van der Waals surface area contributed by atoms with Crippen molar-refractivity contribution < 1.29 is 19.1 Å². The fraction of sp³-hybridized carbons (Fsp3) is 0.188. The lowest BCUT2D eigenvalue weighted by atomic mass is 10.2. The molecule has 0 fully saturated rings. The third kappa shape index (κ3) is 4.70. The van der Waals surface area contributed by atoms with Gasteiger partial charge in [0.15, 0.2) is 0 Å². The molecule has 1 aromatic heterocycles. The number of ether oxygens (including phenoxy) is 2. The number of nitrogens with zero attached hydrogens (tertiary/aromatic N) is 2. The Hall–Kier alpha value is -3.09. The Kier molecular flexibility index (Phi) is 5.51. The number of hydrogen-bond acceptors (Lipinski definition) is 5. The van der Waals surface area contributed by atoms with Crippen LogP contribution in [0.15, 0.2) is 48.6 Å². The average molecular weight is 315 g/mol. The van der Waals surface area contributed by atoms with Crippen molar-refractivity contribution >= 4 is 18.1 Å². The maximum Gasteiger partial charge on any atom is 0.412 e. The van der Waals surface area contributed by atoms with E-state index >= 15 is 0 Å². The topological polar surface area (TPSA) is 82.5 Å². The summed E-state index contributed by atoms with van der Waals surface area (Å²) < 4.78 is 11.4. The molecular weight excluding hydrogens is 298 g/mol. The van der Waals surface area contributed by atoms with Crippen LogP contribution in [0, 0.1) is 0 Å². The standard InChI is InChI=1S/C16H17N3O4/c1-19-11-17-9-13(19)8-14(15(20)22-2)18-16(21)23-10-12-6-4-3-5-7-12/h3-9,11H,10H2,1-2H3,(H,18,21)/b14-8-. The van der Waals surface area contributed by atoms with E-state index in [1.807, 2.05) is 30.3 Å². The van der Waals surface area contributed by atoms with E-state index in [-0.39, 0.29) is 12.3 Å². The minimum absolute atomic E-state index is 0.0332. The molecule has 2 aromatic rings. The number of aryl methyl sites for hydroxylation is 1. The van der Waals surface area contributed by atoms with E-state index in [2.05, 4.69) is 15.0 Å². The van der Waals surface area contributed by atoms with Crippen LogP contribution in [-0.4, -0.2) is 28.7 Å². The summed E-state index contributed by atoms with van der Waals surface area (Å²) in [7, 11) is 3.00. The van der Waals surface area contributed by atoms with Crippen molar-refractivity contribution in [2.24, 2.45) is 7.05 Å². The summed E-state index contributed by atoms with van der Waals surface area (Å²) in [4.78, 5) is 27.6. The smallest absolute Gasteiger partial charge is 0.412 e. The number of alkyl carbamates (subject to hydrolysis) is 1. The molecule has 0 aliphatic rings. The number of nitrogens with one attached hydrogen (secondary N) is 1. The summed E-state index contributed by atoms with van der Waals surface area (Å²) in [5.41, 5.74) is 1.45. The number of carbonyl (C=O) groups excluding carboxylic acids is 2. The van der Waals surface area contributed by atoms with Gasteiger partial charge in [0, 0.05) is 7.05 Å². The molecule has 1 heterocycles. The number of hydrogen-bond donors (Lipinski definition) is 1. The first kappa shape index (κ1) is 16.3. The van der Waals surface area contributed by atoms with Gasteiger partial charge in [-0.15, -0.1) is 0 Å². The summed E-state index contributed by atoms with van der Waals surface area (Å²) in [6.45, 7) is 0.104. The van der Waals surface area contributed by atoms with E-state index < -0.39 is 12.1 Å². The Labute approximate surface area is 133 Å². The van der Waals surface area contributed by atoms with Crippen LogP contribution in [0.5, 0.6) is 0 Å². The fourth-order valence-electron chi connectivity index (χ4n) is 1.78. The van der Waals surface area contributed by atoms with Crippen LogP contribution in [0.3, 0.4) is 0 Å². The minimum atomic E-state index is -0.743. The van der Waals surface area contributed by atoms with E-state index in [4.69, 9.17) is 4.74 Å². The Morgan fingerprint density at radius 2 is 2.04 bits per heavy atom. The van der Waals surface area contributed by atoms with Crippen molar-refractivity contribution in [2.75, 3.05) is 7.11 Å². The van der Waals surface area contributed by atoms with Crippen molar-refractivity contribution in [3.63, 3.8) is 0 Å². The average Bonchev–Trinajstić information content (AvgIpc) is 2.97. The fourth-order valence-corrected chi connectivity index (χ4v) is 1.78. The van der Waals surface area contributed by atoms with Gasteiger partial charge >= 0.3 is 12.1 Å². The van der Waals surface area contributed by atoms with Gasteiger partial charge in [0.2, 0.25) is 0 Å². The zero-order chi connectivity index (χ0) is 16.7. The zero-order valence-corrected chi connectivity index (χ0v) is 12.9. The van der Waals surface area contributed by atoms with Gasteiger partial charge < -0.3 is 14.0 Å². The van der Waals surface area contributed by atoms with Crippen molar-refractivity contribution in [3.05, 3.63) is 59.8 Å². The van der Waals surface area contributed by atoms with Gasteiger partial charge in [-0.25, -0.2) is 14.6 Å². The Bertz CT molecular complexity index is 707. The molecular formula is C16H17N3O4. The lowest BCUT2D eigenvalue weighted by molar-refractivity contribution is -0.136. The van der Waals surface area contributed by atoms with E-state index in [9.17, 15) is 9.59 Å². The highest BCUT2D eigenvalue weighted by atomic mass is 16.6. The number of esters is 1. The highest BCUT2D eigenvalue weighted by Gasteiger charge is 2.15. The maximum absolute atomic E-state index is 11.9. The third-order valence-electron chi connectivity index (χ3n) is 3.00. The second kappa shape index (κ2) is 7.79. The van der Waals surface area contributed by atoms with Gasteiger partial charge in [-0.1, -0.05) is 30.3 Å². The van der Waals surface area contributed by atoms with Gasteiger partial charge in [0.05, 0.1) is 25.3 Å². The molecule has 2 rings (SSSR count). The molecule has 0 saturated heterocycles. The molecule has 0 saturated carbocycles. The van der Waals surface area contributed by atoms with Crippen LogP contribution in [0.25, 0.3) is 6.08 Å². The third-order valence-corrected chi connectivity index (χ3v) is 3.00. The van der Waals surface area contributed by atoms with E-state index in [0.29, 0.717) is 5.69 Å². The van der Waals surface area contributed by atoms with Crippen LogP contribution in [0.4, 0.5) is 4.79 Å². The molecule has 1 aromatic carbocycles. The second-order valence-electron chi connectivity index (χ2n) is 4.67. The van der Waals surface area contributed by atoms with Crippen LogP contribution in [0.2, 0.25) is 0 Å². The van der Waals surface area contributed by atoms with Crippen LogP contribution in [-0.2, 0) is 27.9 Å². The molecule has 7 heteroatoms. The Morgan fingerprint density at radius 1 is 1.30 bits per heavy atom. The van der Waals surface area contributed by atoms with Crippen molar-refractivity contribution in [3.8, 4) is 0 Å². The molecule has 0 bridgehead atoms. The monoisotopic (exact) mass is 315 g/mol. The number of rotatable bonds is 5. The van der Waals surface area contributed by atoms with Gasteiger partial charge in [0.25, 0.3) is 0 Å². The van der Waals surface area contributed by atoms with Crippen LogP contribution >= 0.6 is 0 Å². The first-order valence-corrected chi connectivity index (χ1v) is 6.84. The molecule has 7 nitrogen and oxygen atoms in total. The number of benzene rings is 1. The first-order valence-electron chi connectivity index (χ1n) is 6.84. The zero-order valence-electron chi connectivity index (χ0n) is 12.9. The van der Waals surface area contributed by atoms with Gasteiger partial charge in [-0.3, -0.25) is 5.32 Å². The molecule has 0 radical (unpaired) electrons. The molecule has 0 atom stereocenters. The van der Waals surface area contributed by atoms with E-state index in [0.717, 1.165) is 5.56 Å². The summed E-state index contributed by atoms with van der Waals surface area (Å²) >= 11 is 0. The number of amides is 1. The minimum Gasteiger partial charge on any atom is -0.464 e. The lowest BCUT2D eigenvalue weighted by Gasteiger charge is -2.09. The quantitative estimate of drug-likeness (QED) is 0.672. The number of aromatic nitrogens is 2. The molecule has 0 aliphatic carbocycles. The van der Waals surface area contributed by atoms with Crippen molar-refractivity contribution in [1.82, 2.24) is 14.9 Å². The van der Waals surface area contributed by atoms with Crippen LogP contribution in [0.1, 0.15) is 11.3 Å². The number of carbonyl (C=O) groups is 2. The van der Waals surface area contributed by atoms with Crippen molar-refractivity contribution in [1.29, 1.82) is 0 Å². The van der Waals surface area contributed by atoms with Gasteiger partial charge in [-0.2, -0.15) is 0 Å².